The van der Waals surface area contributed by atoms with Crippen LogP contribution in [-0.2, 0) is 0 Å². The van der Waals surface area contributed by atoms with Crippen LogP contribution in [-0.4, -0.2) is 17.6 Å². The topological polar surface area (TPSA) is 67.8 Å². The summed E-state index contributed by atoms with van der Waals surface area (Å²) in [4.78, 5) is 0. The summed E-state index contributed by atoms with van der Waals surface area (Å²) < 4.78 is 6.51. The number of ether oxygens (including phenoxy) is 1. The van der Waals surface area contributed by atoms with E-state index >= 15 is 0 Å². The number of nitrogens with two attached hydrogens (primary N) is 1. The van der Waals surface area contributed by atoms with E-state index < -0.39 is 0 Å². The normalized spacial score (nSPS) is 11.4. The van der Waals surface area contributed by atoms with Gasteiger partial charge in [-0.05, 0) is 40.9 Å². The summed E-state index contributed by atoms with van der Waals surface area (Å²) in [6.45, 7) is 0.626. The van der Waals surface area contributed by atoms with Crippen LogP contribution in [0.3, 0.4) is 0 Å². The zero-order valence-electron chi connectivity index (χ0n) is 8.90. The largest absolute Gasteiger partial charge is 0.492 e. The maximum absolute atomic E-state index is 8.33. The maximum Gasteiger partial charge on any atom is 0.139 e. The van der Waals surface area contributed by atoms with Crippen molar-refractivity contribution in [2.45, 2.75) is 19.3 Å². The molecule has 0 aliphatic heterocycles. The molecule has 1 aromatic rings. The highest BCUT2D eigenvalue weighted by Gasteiger charge is 1.99. The van der Waals surface area contributed by atoms with Crippen molar-refractivity contribution < 1.29 is 9.94 Å². The van der Waals surface area contributed by atoms with Gasteiger partial charge < -0.3 is 15.7 Å². The Kier molecular flexibility index (Phi) is 5.71. The van der Waals surface area contributed by atoms with E-state index in [1.165, 1.54) is 0 Å². The average molecular weight is 287 g/mol. The summed E-state index contributed by atoms with van der Waals surface area (Å²) in [5.74, 6) is 1.10. The second kappa shape index (κ2) is 7.11. The van der Waals surface area contributed by atoms with Gasteiger partial charge in [0, 0.05) is 6.42 Å². The number of amidine groups is 1. The van der Waals surface area contributed by atoms with Gasteiger partial charge in [0.1, 0.15) is 11.6 Å². The number of nitrogens with zero attached hydrogens (tertiary/aromatic N) is 1. The molecule has 0 unspecified atom stereocenters. The third-order valence-electron chi connectivity index (χ3n) is 2.05. The summed E-state index contributed by atoms with van der Waals surface area (Å²) in [6.07, 6.45) is 2.31. The van der Waals surface area contributed by atoms with Crippen LogP contribution in [0, 0.1) is 0 Å². The Hall–Kier alpha value is -1.23. The Morgan fingerprint density at radius 3 is 2.81 bits per heavy atom. The monoisotopic (exact) mass is 286 g/mol. The van der Waals surface area contributed by atoms with Gasteiger partial charge in [-0.15, -0.1) is 0 Å². The van der Waals surface area contributed by atoms with E-state index in [1.807, 2.05) is 24.3 Å². The van der Waals surface area contributed by atoms with Gasteiger partial charge in [-0.25, -0.2) is 0 Å². The van der Waals surface area contributed by atoms with E-state index in [4.69, 9.17) is 15.7 Å². The second-order valence-corrected chi connectivity index (χ2v) is 4.18. The quantitative estimate of drug-likeness (QED) is 0.278. The SMILES string of the molecule is NC(CCCCOc1ccccc1Br)=NO. The molecule has 88 valence electrons. The van der Waals surface area contributed by atoms with Crippen molar-refractivity contribution in [2.24, 2.45) is 10.9 Å². The molecule has 0 bridgehead atoms. The first-order valence-electron chi connectivity index (χ1n) is 5.07. The molecule has 1 rings (SSSR count). The van der Waals surface area contributed by atoms with Crippen LogP contribution in [0.5, 0.6) is 5.75 Å². The molecule has 1 aromatic carbocycles. The number of hydrogen-bond acceptors (Lipinski definition) is 3. The number of unbranched alkanes of at least 4 members (excludes halogenated alkanes) is 1. The van der Waals surface area contributed by atoms with Gasteiger partial charge in [0.15, 0.2) is 0 Å². The second-order valence-electron chi connectivity index (χ2n) is 3.33. The fourth-order valence-corrected chi connectivity index (χ4v) is 1.60. The van der Waals surface area contributed by atoms with E-state index in [9.17, 15) is 0 Å². The number of hydrogen-bond donors (Lipinski definition) is 2. The molecule has 16 heavy (non-hydrogen) atoms. The third kappa shape index (κ3) is 4.53. The summed E-state index contributed by atoms with van der Waals surface area (Å²) in [7, 11) is 0. The molecule has 4 nitrogen and oxygen atoms in total. The van der Waals surface area contributed by atoms with Gasteiger partial charge in [0.2, 0.25) is 0 Å². The lowest BCUT2D eigenvalue weighted by Gasteiger charge is -2.07. The summed E-state index contributed by atoms with van der Waals surface area (Å²) in [6, 6.07) is 7.71. The zero-order chi connectivity index (χ0) is 11.8. The molecular formula is C11H15BrN2O2. The number of rotatable bonds is 6. The minimum atomic E-state index is 0.265. The Balaban J connectivity index is 2.19. The molecule has 5 heteroatoms. The molecule has 0 aromatic heterocycles. The zero-order valence-corrected chi connectivity index (χ0v) is 10.5. The van der Waals surface area contributed by atoms with Crippen LogP contribution in [0.15, 0.2) is 33.9 Å². The fraction of sp³-hybridized carbons (Fsp3) is 0.364. The molecule has 3 N–H and O–H groups in total. The Labute approximate surface area is 103 Å². The lowest BCUT2D eigenvalue weighted by molar-refractivity contribution is 0.303. The molecule has 0 aliphatic carbocycles. The van der Waals surface area contributed by atoms with Crippen molar-refractivity contribution in [1.29, 1.82) is 0 Å². The van der Waals surface area contributed by atoms with Crippen molar-refractivity contribution in [2.75, 3.05) is 6.61 Å². The van der Waals surface area contributed by atoms with Gasteiger partial charge in [0.25, 0.3) is 0 Å². The lowest BCUT2D eigenvalue weighted by Crippen LogP contribution is -2.11. The van der Waals surface area contributed by atoms with E-state index in [2.05, 4.69) is 21.1 Å². The van der Waals surface area contributed by atoms with E-state index in [1.54, 1.807) is 0 Å². The summed E-state index contributed by atoms with van der Waals surface area (Å²) >= 11 is 3.40. The molecule has 0 atom stereocenters. The fourth-order valence-electron chi connectivity index (χ4n) is 1.20. The van der Waals surface area contributed by atoms with Crippen molar-refractivity contribution in [1.82, 2.24) is 0 Å². The molecule has 0 heterocycles. The third-order valence-corrected chi connectivity index (χ3v) is 2.71. The predicted molar refractivity (Wildman–Crippen MR) is 66.9 cm³/mol. The number of oxime groups is 1. The van der Waals surface area contributed by atoms with Crippen LogP contribution >= 0.6 is 15.9 Å². The lowest BCUT2D eigenvalue weighted by atomic mass is 10.2. The van der Waals surface area contributed by atoms with Crippen LogP contribution in [0.1, 0.15) is 19.3 Å². The Morgan fingerprint density at radius 2 is 2.12 bits per heavy atom. The Bertz CT molecular complexity index is 356. The van der Waals surface area contributed by atoms with Gasteiger partial charge >= 0.3 is 0 Å². The van der Waals surface area contributed by atoms with Crippen LogP contribution < -0.4 is 10.5 Å². The highest BCUT2D eigenvalue weighted by molar-refractivity contribution is 9.10. The number of halogens is 1. The molecule has 0 aliphatic rings. The summed E-state index contributed by atoms with van der Waals surface area (Å²) in [5.41, 5.74) is 5.34. The summed E-state index contributed by atoms with van der Waals surface area (Å²) in [5, 5.41) is 11.2. The van der Waals surface area contributed by atoms with Crippen molar-refractivity contribution in [3.8, 4) is 5.75 Å². The van der Waals surface area contributed by atoms with Gasteiger partial charge in [-0.2, -0.15) is 0 Å². The van der Waals surface area contributed by atoms with Crippen molar-refractivity contribution >= 4 is 21.8 Å². The van der Waals surface area contributed by atoms with E-state index in [-0.39, 0.29) is 5.84 Å². The molecule has 0 fully saturated rings. The van der Waals surface area contributed by atoms with Crippen LogP contribution in [0.2, 0.25) is 0 Å². The molecule has 0 saturated heterocycles. The van der Waals surface area contributed by atoms with E-state index in [0.717, 1.165) is 23.1 Å². The molecular weight excluding hydrogens is 272 g/mol. The van der Waals surface area contributed by atoms with Crippen molar-refractivity contribution in [3.63, 3.8) is 0 Å². The highest BCUT2D eigenvalue weighted by Crippen LogP contribution is 2.23. The number of para-hydroxylation sites is 1. The van der Waals surface area contributed by atoms with Crippen molar-refractivity contribution in [3.05, 3.63) is 28.7 Å². The first-order chi connectivity index (χ1) is 7.74. The highest BCUT2D eigenvalue weighted by atomic mass is 79.9. The smallest absolute Gasteiger partial charge is 0.139 e. The molecule has 0 amide bonds. The average Bonchev–Trinajstić information content (AvgIpc) is 2.30. The molecule has 0 radical (unpaired) electrons. The molecule has 0 spiro atoms. The van der Waals surface area contributed by atoms with E-state index in [0.29, 0.717) is 13.0 Å². The predicted octanol–water partition coefficient (Wildman–Crippen LogP) is 2.74. The van der Waals surface area contributed by atoms with Gasteiger partial charge in [0.05, 0.1) is 11.1 Å². The first kappa shape index (κ1) is 12.8. The van der Waals surface area contributed by atoms with Gasteiger partial charge in [-0.3, -0.25) is 0 Å². The first-order valence-corrected chi connectivity index (χ1v) is 5.87. The number of benzene rings is 1. The minimum Gasteiger partial charge on any atom is -0.492 e. The minimum absolute atomic E-state index is 0.265. The van der Waals surface area contributed by atoms with Crippen LogP contribution in [0.4, 0.5) is 0 Å². The van der Waals surface area contributed by atoms with Gasteiger partial charge in [-0.1, -0.05) is 17.3 Å². The maximum atomic E-state index is 8.33. The van der Waals surface area contributed by atoms with Crippen LogP contribution in [0.25, 0.3) is 0 Å². The standard InChI is InChI=1S/C11H15BrN2O2/c12-9-5-1-2-6-10(9)16-8-4-3-7-11(13)14-15/h1-2,5-6,15H,3-4,7-8H2,(H2,13,14). The Morgan fingerprint density at radius 1 is 1.38 bits per heavy atom. The molecule has 0 saturated carbocycles.